The van der Waals surface area contributed by atoms with E-state index >= 15 is 0 Å². The van der Waals surface area contributed by atoms with E-state index in [-0.39, 0.29) is 51.7 Å². The fourth-order valence-corrected chi connectivity index (χ4v) is 8.02. The predicted molar refractivity (Wildman–Crippen MR) is 262 cm³/mol. The maximum absolute atomic E-state index is 14.6. The molecule has 18 N–H and O–H groups in total. The number of fused-ring (bicyclic) bond motifs is 1. The molecule has 0 bridgehead atoms. The van der Waals surface area contributed by atoms with Crippen molar-refractivity contribution in [1.29, 1.82) is 0 Å². The highest BCUT2D eigenvalue weighted by molar-refractivity contribution is 5.99. The summed E-state index contributed by atoms with van der Waals surface area (Å²) < 4.78 is 0. The van der Waals surface area contributed by atoms with Crippen LogP contribution in [0.1, 0.15) is 75.8 Å². The minimum Gasteiger partial charge on any atom is -0.394 e. The molecule has 1 aromatic heterocycles. The summed E-state index contributed by atoms with van der Waals surface area (Å²) in [5.74, 6) is -7.44. The topological polar surface area (TPSA) is 387 Å². The average molecular weight is 993 g/mol. The van der Waals surface area contributed by atoms with Gasteiger partial charge in [-0.05, 0) is 102 Å². The van der Waals surface area contributed by atoms with Gasteiger partial charge in [-0.25, -0.2) is 0 Å². The van der Waals surface area contributed by atoms with Gasteiger partial charge in [-0.2, -0.15) is 0 Å². The number of rotatable bonds is 19. The standard InChI is InChI=1S/C48H72N12O11/c1-28(63)40-48(71)55-34(18-8-11-21-50)42(65)58-38(26-61)46(69)54-33(17-7-10-20-49)41(64)59-39(27-62)47(70)57-37(24-30-25-52-32-16-6-5-15-31(30)32)45(68)56-36(23-29-13-3-2-4-14-29)44(67)53-35(43(66)60-40)19-9-12-22-51/h2-6,13-16,25,28,33-40,52,61-63H,7-12,17-24,26-27,49-51H2,1H3,(H,53,67)(H,54,69)(H,55,71)(H,56,68)(H,57,70)(H,58,65)(H,59,64)(H,60,66)/t28-,33-,34-,35-,36+,37-,38+,39+,40+/m1/s1. The predicted octanol–water partition coefficient (Wildman–Crippen LogP) is -3.40. The van der Waals surface area contributed by atoms with Crippen molar-refractivity contribution in [3.63, 3.8) is 0 Å². The van der Waals surface area contributed by atoms with Crippen LogP contribution in [0.15, 0.2) is 60.8 Å². The van der Waals surface area contributed by atoms with Crippen LogP contribution >= 0.6 is 0 Å². The second kappa shape index (κ2) is 29.6. The monoisotopic (exact) mass is 993 g/mol. The number of carbonyl (C=O) groups excluding carboxylic acids is 8. The van der Waals surface area contributed by atoms with Crippen molar-refractivity contribution >= 4 is 58.2 Å². The Kier molecular flexibility index (Phi) is 23.8. The second-order valence-corrected chi connectivity index (χ2v) is 17.6. The molecular formula is C48H72N12O11. The average Bonchev–Trinajstić information content (AvgIpc) is 3.77. The molecule has 1 saturated heterocycles. The van der Waals surface area contributed by atoms with E-state index in [4.69, 9.17) is 17.2 Å². The van der Waals surface area contributed by atoms with Gasteiger partial charge in [-0.15, -0.1) is 0 Å². The van der Waals surface area contributed by atoms with E-state index in [0.717, 1.165) is 10.9 Å². The van der Waals surface area contributed by atoms with Crippen LogP contribution in [-0.4, -0.2) is 155 Å². The zero-order chi connectivity index (χ0) is 51.9. The highest BCUT2D eigenvalue weighted by atomic mass is 16.3. The number of aliphatic hydroxyl groups excluding tert-OH is 3. The number of H-pyrrole nitrogens is 1. The van der Waals surface area contributed by atoms with E-state index in [1.54, 1.807) is 54.7 Å². The van der Waals surface area contributed by atoms with Crippen LogP contribution in [0.3, 0.4) is 0 Å². The second-order valence-electron chi connectivity index (χ2n) is 17.6. The first kappa shape index (κ1) is 57.1. The quantitative estimate of drug-likeness (QED) is 0.0521. The van der Waals surface area contributed by atoms with Crippen LogP contribution < -0.4 is 59.7 Å². The summed E-state index contributed by atoms with van der Waals surface area (Å²) >= 11 is 0. The molecule has 1 fully saturated rings. The number of carbonyl (C=O) groups is 8. The number of amides is 8. The summed E-state index contributed by atoms with van der Waals surface area (Å²) in [6.45, 7) is 0.0322. The molecule has 23 nitrogen and oxygen atoms in total. The van der Waals surface area contributed by atoms with Gasteiger partial charge in [0.25, 0.3) is 0 Å². The normalized spacial score (nSPS) is 24.3. The molecule has 0 aliphatic carbocycles. The number of benzene rings is 2. The van der Waals surface area contributed by atoms with Gasteiger partial charge < -0.3 is 80.0 Å². The third-order valence-electron chi connectivity index (χ3n) is 12.1. The van der Waals surface area contributed by atoms with Crippen LogP contribution in [0.5, 0.6) is 0 Å². The molecule has 0 spiro atoms. The Labute approximate surface area is 412 Å². The third kappa shape index (κ3) is 17.7. The number of unbranched alkanes of at least 4 members (excludes halogenated alkanes) is 3. The molecule has 0 radical (unpaired) electrons. The molecule has 2 aromatic carbocycles. The summed E-state index contributed by atoms with van der Waals surface area (Å²) in [6.07, 6.45) is 2.01. The molecule has 1 aliphatic heterocycles. The van der Waals surface area contributed by atoms with Gasteiger partial charge >= 0.3 is 0 Å². The largest absolute Gasteiger partial charge is 0.394 e. The maximum Gasteiger partial charge on any atom is 0.245 e. The number of nitrogens with one attached hydrogen (secondary N) is 9. The van der Waals surface area contributed by atoms with Crippen molar-refractivity contribution in [2.45, 2.75) is 132 Å². The van der Waals surface area contributed by atoms with E-state index in [1.165, 1.54) is 6.92 Å². The highest BCUT2D eigenvalue weighted by Gasteiger charge is 2.37. The Hall–Kier alpha value is -6.50. The molecule has 1 aliphatic rings. The van der Waals surface area contributed by atoms with Crippen LogP contribution in [-0.2, 0) is 51.2 Å². The molecule has 8 amide bonds. The van der Waals surface area contributed by atoms with Gasteiger partial charge in [-0.1, -0.05) is 48.5 Å². The van der Waals surface area contributed by atoms with E-state index in [2.05, 4.69) is 47.5 Å². The third-order valence-corrected chi connectivity index (χ3v) is 12.1. The summed E-state index contributed by atoms with van der Waals surface area (Å²) in [7, 11) is 0. The Balaban J connectivity index is 1.83. The van der Waals surface area contributed by atoms with Crippen molar-refractivity contribution in [2.24, 2.45) is 17.2 Å². The highest BCUT2D eigenvalue weighted by Crippen LogP contribution is 2.20. The first-order valence-electron chi connectivity index (χ1n) is 24.2. The lowest BCUT2D eigenvalue weighted by Gasteiger charge is -2.29. The van der Waals surface area contributed by atoms with Gasteiger partial charge in [0.15, 0.2) is 0 Å². The first-order chi connectivity index (χ1) is 34.1. The van der Waals surface area contributed by atoms with Gasteiger partial charge in [0, 0.05) is 29.9 Å². The summed E-state index contributed by atoms with van der Waals surface area (Å²) in [5.41, 5.74) is 19.1. The van der Waals surface area contributed by atoms with E-state index in [1.807, 2.05) is 6.07 Å². The maximum atomic E-state index is 14.6. The molecule has 23 heteroatoms. The minimum atomic E-state index is -1.69. The van der Waals surface area contributed by atoms with Crippen molar-refractivity contribution in [2.75, 3.05) is 32.8 Å². The van der Waals surface area contributed by atoms with Crippen molar-refractivity contribution in [3.05, 3.63) is 71.9 Å². The lowest BCUT2D eigenvalue weighted by molar-refractivity contribution is -0.138. The number of para-hydroxylation sites is 1. The molecule has 3 aromatic rings. The summed E-state index contributed by atoms with van der Waals surface area (Å²) in [4.78, 5) is 116. The number of aromatic amines is 1. The van der Waals surface area contributed by atoms with Gasteiger partial charge in [0.1, 0.15) is 48.3 Å². The van der Waals surface area contributed by atoms with E-state index < -0.39 is 115 Å². The zero-order valence-electron chi connectivity index (χ0n) is 40.1. The Morgan fingerprint density at radius 3 is 1.31 bits per heavy atom. The molecule has 0 saturated carbocycles. The molecule has 4 rings (SSSR count). The van der Waals surface area contributed by atoms with Crippen LogP contribution in [0, 0.1) is 0 Å². The zero-order valence-corrected chi connectivity index (χ0v) is 40.1. The fraction of sp³-hybridized carbons (Fsp3) is 0.542. The lowest BCUT2D eigenvalue weighted by Crippen LogP contribution is -2.63. The van der Waals surface area contributed by atoms with Crippen LogP contribution in [0.25, 0.3) is 10.9 Å². The Morgan fingerprint density at radius 2 is 0.845 bits per heavy atom. The van der Waals surface area contributed by atoms with Gasteiger partial charge in [0.05, 0.1) is 19.3 Å². The molecule has 2 heterocycles. The number of aromatic nitrogens is 1. The molecule has 0 unspecified atom stereocenters. The Bertz CT molecular complexity index is 2230. The summed E-state index contributed by atoms with van der Waals surface area (Å²) in [5, 5.41) is 52.9. The lowest BCUT2D eigenvalue weighted by atomic mass is 10.0. The van der Waals surface area contributed by atoms with Crippen molar-refractivity contribution in [3.8, 4) is 0 Å². The Morgan fingerprint density at radius 1 is 0.465 bits per heavy atom. The van der Waals surface area contributed by atoms with Crippen LogP contribution in [0.4, 0.5) is 0 Å². The first-order valence-corrected chi connectivity index (χ1v) is 24.2. The number of hydrogen-bond donors (Lipinski definition) is 15. The molecule has 71 heavy (non-hydrogen) atoms. The van der Waals surface area contributed by atoms with Gasteiger partial charge in [0.2, 0.25) is 47.3 Å². The molecule has 390 valence electrons. The molecule has 9 atom stereocenters. The van der Waals surface area contributed by atoms with E-state index in [0.29, 0.717) is 49.7 Å². The number of nitrogens with two attached hydrogens (primary N) is 3. The smallest absolute Gasteiger partial charge is 0.245 e. The van der Waals surface area contributed by atoms with Gasteiger partial charge in [-0.3, -0.25) is 38.4 Å². The number of aliphatic hydroxyl groups is 3. The number of hydrogen-bond acceptors (Lipinski definition) is 14. The minimum absolute atomic E-state index is 0.00501. The SMILES string of the molecule is C[C@@H](O)[C@@H]1NC(=O)[C@@H](CCCCN)NC(=O)[C@H](Cc2ccccc2)NC(=O)[C@@H](Cc2c[nH]c3ccccc23)NC(=O)[C@H](CO)NC(=O)[C@@H](CCCCN)NC(=O)[C@H](CO)NC(=O)[C@@H](CCCCN)NC1=O. The van der Waals surface area contributed by atoms with E-state index in [9.17, 15) is 53.7 Å². The van der Waals surface area contributed by atoms with Crippen molar-refractivity contribution in [1.82, 2.24) is 47.5 Å². The summed E-state index contributed by atoms with van der Waals surface area (Å²) in [6, 6.07) is 3.84. The van der Waals surface area contributed by atoms with Crippen molar-refractivity contribution < 1.29 is 53.7 Å². The molecular weight excluding hydrogens is 921 g/mol. The fourth-order valence-electron chi connectivity index (χ4n) is 8.02. The van der Waals surface area contributed by atoms with Crippen LogP contribution in [0.2, 0.25) is 0 Å².